The van der Waals surface area contributed by atoms with Crippen LogP contribution in [0.5, 0.6) is 0 Å². The predicted molar refractivity (Wildman–Crippen MR) is 79.2 cm³/mol. The molecule has 20 heavy (non-hydrogen) atoms. The van der Waals surface area contributed by atoms with Crippen molar-refractivity contribution < 1.29 is 14.3 Å². The average molecular weight is 283 g/mol. The number of alkyl carbamates (subject to hydrolysis) is 1. The minimum atomic E-state index is -0.720. The van der Waals surface area contributed by atoms with Gasteiger partial charge in [-0.2, -0.15) is 0 Å². The maximum Gasteiger partial charge on any atom is 0.414 e. The molecule has 3 aliphatic rings. The highest BCUT2D eigenvalue weighted by atomic mass is 16.6. The predicted octanol–water partition coefficient (Wildman–Crippen LogP) is 3.75. The third-order valence-electron chi connectivity index (χ3n) is 4.78. The molecule has 0 aromatic heterocycles. The van der Waals surface area contributed by atoms with Gasteiger partial charge in [-0.05, 0) is 56.8 Å². The van der Waals surface area contributed by atoms with E-state index in [-0.39, 0.29) is 6.41 Å². The van der Waals surface area contributed by atoms with E-state index < -0.39 is 11.7 Å². The topological polar surface area (TPSA) is 55.4 Å². The van der Waals surface area contributed by atoms with Gasteiger partial charge in [-0.15, -0.1) is 0 Å². The fourth-order valence-electron chi connectivity index (χ4n) is 3.53. The van der Waals surface area contributed by atoms with E-state index in [4.69, 9.17) is 4.74 Å². The maximum absolute atomic E-state index is 10.5. The van der Waals surface area contributed by atoms with Gasteiger partial charge in [0.25, 0.3) is 0 Å². The Balaban J connectivity index is 0.000000200. The summed E-state index contributed by atoms with van der Waals surface area (Å²) in [7, 11) is 0. The van der Waals surface area contributed by atoms with Crippen molar-refractivity contribution in [2.45, 2.75) is 66.4 Å². The Hall–Kier alpha value is -1.06. The van der Waals surface area contributed by atoms with Gasteiger partial charge in [0.1, 0.15) is 5.60 Å². The summed E-state index contributed by atoms with van der Waals surface area (Å²) < 4.78 is 4.70. The molecule has 3 fully saturated rings. The van der Waals surface area contributed by atoms with E-state index in [9.17, 15) is 9.59 Å². The molecule has 1 unspecified atom stereocenters. The lowest BCUT2D eigenvalue weighted by Gasteiger charge is -2.59. The number of nitrogens with one attached hydrogen (secondary N) is 1. The van der Waals surface area contributed by atoms with E-state index in [1.54, 1.807) is 20.8 Å². The van der Waals surface area contributed by atoms with Crippen molar-refractivity contribution >= 4 is 12.5 Å². The number of ether oxygens (including phenoxy) is 1. The Morgan fingerprint density at radius 2 is 1.90 bits per heavy atom. The highest BCUT2D eigenvalue weighted by Gasteiger charge is 2.52. The van der Waals surface area contributed by atoms with Crippen LogP contribution in [-0.2, 0) is 9.53 Å². The zero-order chi connectivity index (χ0) is 15.6. The summed E-state index contributed by atoms with van der Waals surface area (Å²) in [6.45, 7) is 12.5. The van der Waals surface area contributed by atoms with Gasteiger partial charge < -0.3 is 4.74 Å². The second-order valence-electron chi connectivity index (χ2n) is 7.68. The number of amides is 2. The normalized spacial score (nSPS) is 30.2. The second-order valence-corrected chi connectivity index (χ2v) is 7.68. The van der Waals surface area contributed by atoms with Crippen LogP contribution in [-0.4, -0.2) is 18.1 Å². The lowest BCUT2D eigenvalue weighted by molar-refractivity contribution is -0.109. The van der Waals surface area contributed by atoms with E-state index in [0.717, 1.165) is 17.8 Å². The third-order valence-corrected chi connectivity index (χ3v) is 4.78. The van der Waals surface area contributed by atoms with E-state index in [2.05, 4.69) is 20.8 Å². The van der Waals surface area contributed by atoms with Crippen molar-refractivity contribution in [3.8, 4) is 0 Å². The molecule has 0 heterocycles. The number of fused-ring (bicyclic) bond motifs is 2. The van der Waals surface area contributed by atoms with E-state index in [1.807, 2.05) is 5.32 Å². The molecule has 2 bridgehead atoms. The Labute approximate surface area is 122 Å². The van der Waals surface area contributed by atoms with Crippen LogP contribution in [0.3, 0.4) is 0 Å². The standard InChI is InChI=1S/C10H18.C6H11NO3/c1-7-4-5-8-6-9(7)10(8,2)3;1-6(2,3)10-5(9)7-4-8/h7-9H,4-6H2,1-3H3;4H,1-3H3,(H,7,8,9)/t7?,8-,9-;/m1./s1. The minimum Gasteiger partial charge on any atom is -0.444 e. The maximum atomic E-state index is 10.5. The van der Waals surface area contributed by atoms with Gasteiger partial charge >= 0.3 is 6.09 Å². The molecule has 0 aliphatic heterocycles. The first-order valence-corrected chi connectivity index (χ1v) is 7.51. The first-order valence-electron chi connectivity index (χ1n) is 7.51. The lowest BCUT2D eigenvalue weighted by atomic mass is 9.46. The van der Waals surface area contributed by atoms with E-state index >= 15 is 0 Å². The molecule has 0 aromatic rings. The van der Waals surface area contributed by atoms with Crippen molar-refractivity contribution in [2.75, 3.05) is 0 Å². The second kappa shape index (κ2) is 6.15. The summed E-state index contributed by atoms with van der Waals surface area (Å²) in [6.07, 6.45) is 4.11. The number of rotatable bonds is 1. The van der Waals surface area contributed by atoms with Gasteiger partial charge in [0.15, 0.2) is 0 Å². The van der Waals surface area contributed by atoms with Gasteiger partial charge in [0.2, 0.25) is 6.41 Å². The number of imide groups is 1. The van der Waals surface area contributed by atoms with Crippen LogP contribution in [0.4, 0.5) is 4.79 Å². The molecule has 0 saturated heterocycles. The number of carbonyl (C=O) groups excluding carboxylic acids is 2. The van der Waals surface area contributed by atoms with Crippen LogP contribution in [0.25, 0.3) is 0 Å². The molecule has 4 nitrogen and oxygen atoms in total. The molecule has 0 spiro atoms. The van der Waals surface area contributed by atoms with Crippen molar-refractivity contribution in [1.82, 2.24) is 5.32 Å². The average Bonchev–Trinajstić information content (AvgIpc) is 2.27. The van der Waals surface area contributed by atoms with E-state index in [0.29, 0.717) is 5.41 Å². The number of hydrogen-bond donors (Lipinski definition) is 1. The van der Waals surface area contributed by atoms with Gasteiger partial charge in [0, 0.05) is 0 Å². The van der Waals surface area contributed by atoms with Gasteiger partial charge in [-0.3, -0.25) is 10.1 Å². The van der Waals surface area contributed by atoms with Crippen LogP contribution in [0.15, 0.2) is 0 Å². The Morgan fingerprint density at radius 1 is 1.30 bits per heavy atom. The fourth-order valence-corrected chi connectivity index (χ4v) is 3.53. The molecule has 3 rings (SSSR count). The molecule has 1 N–H and O–H groups in total. The summed E-state index contributed by atoms with van der Waals surface area (Å²) in [5, 5.41) is 1.86. The van der Waals surface area contributed by atoms with Crippen LogP contribution in [0.1, 0.15) is 60.8 Å². The Bertz CT molecular complexity index is 355. The summed E-state index contributed by atoms with van der Waals surface area (Å²) >= 11 is 0. The Kier molecular flexibility index (Phi) is 5.22. The monoisotopic (exact) mass is 283 g/mol. The SMILES string of the molecule is CC(C)(C)OC(=O)NC=O.CC1CC[C@@H]2C[C@H]1C2(C)C. The van der Waals surface area contributed by atoms with E-state index in [1.165, 1.54) is 19.3 Å². The van der Waals surface area contributed by atoms with Crippen LogP contribution in [0, 0.1) is 23.2 Å². The largest absolute Gasteiger partial charge is 0.444 e. The zero-order valence-corrected chi connectivity index (χ0v) is 13.7. The highest BCUT2D eigenvalue weighted by Crippen LogP contribution is 2.61. The molecular weight excluding hydrogens is 254 g/mol. The van der Waals surface area contributed by atoms with Crippen LogP contribution in [0.2, 0.25) is 0 Å². The summed E-state index contributed by atoms with van der Waals surface area (Å²) in [5.41, 5.74) is 0.158. The van der Waals surface area contributed by atoms with Gasteiger partial charge in [0.05, 0.1) is 0 Å². The summed E-state index contributed by atoms with van der Waals surface area (Å²) in [5.74, 6) is 3.15. The Morgan fingerprint density at radius 3 is 2.20 bits per heavy atom. The van der Waals surface area contributed by atoms with Crippen LogP contribution < -0.4 is 5.32 Å². The molecule has 3 atom stereocenters. The molecule has 0 radical (unpaired) electrons. The van der Waals surface area contributed by atoms with Crippen LogP contribution >= 0.6 is 0 Å². The molecule has 3 aliphatic carbocycles. The molecule has 3 saturated carbocycles. The van der Waals surface area contributed by atoms with Crippen molar-refractivity contribution in [3.05, 3.63) is 0 Å². The minimum absolute atomic E-state index is 0.286. The first kappa shape index (κ1) is 17.0. The van der Waals surface area contributed by atoms with Gasteiger partial charge in [-0.1, -0.05) is 27.2 Å². The number of carbonyl (C=O) groups is 2. The highest BCUT2D eigenvalue weighted by molar-refractivity contribution is 5.79. The lowest BCUT2D eigenvalue weighted by Crippen LogP contribution is -2.51. The number of hydrogen-bond acceptors (Lipinski definition) is 3. The van der Waals surface area contributed by atoms with Crippen molar-refractivity contribution in [1.29, 1.82) is 0 Å². The van der Waals surface area contributed by atoms with Crippen molar-refractivity contribution in [2.24, 2.45) is 23.2 Å². The quantitative estimate of drug-likeness (QED) is 0.746. The van der Waals surface area contributed by atoms with Gasteiger partial charge in [-0.25, -0.2) is 4.79 Å². The third kappa shape index (κ3) is 4.22. The summed E-state index contributed by atoms with van der Waals surface area (Å²) in [4.78, 5) is 20.2. The molecule has 2 amide bonds. The summed E-state index contributed by atoms with van der Waals surface area (Å²) in [6, 6.07) is 0. The first-order chi connectivity index (χ1) is 9.08. The fraction of sp³-hybridized carbons (Fsp3) is 0.875. The molecule has 0 aromatic carbocycles. The molecule has 116 valence electrons. The molecular formula is C16H29NO3. The van der Waals surface area contributed by atoms with Crippen molar-refractivity contribution in [3.63, 3.8) is 0 Å². The smallest absolute Gasteiger partial charge is 0.414 e. The zero-order valence-electron chi connectivity index (χ0n) is 13.7. The molecule has 4 heteroatoms.